The molecule has 6 nitrogen and oxygen atoms in total. The Labute approximate surface area is 210 Å². The molecular weight excluding hydrogens is 452 g/mol. The minimum Gasteiger partial charge on any atom is -0.493 e. The second-order valence-electron chi connectivity index (χ2n) is 10.6. The van der Waals surface area contributed by atoms with Gasteiger partial charge in [0, 0.05) is 17.2 Å². The fourth-order valence-electron chi connectivity index (χ4n) is 6.57. The maximum Gasteiger partial charge on any atom is 0.240 e. The summed E-state index contributed by atoms with van der Waals surface area (Å²) in [6.07, 6.45) is 2.00. The third-order valence-corrected chi connectivity index (χ3v) is 8.55. The number of ether oxygens (including phenoxy) is 2. The molecule has 3 fully saturated rings. The summed E-state index contributed by atoms with van der Waals surface area (Å²) < 4.78 is 12.6. The van der Waals surface area contributed by atoms with Crippen molar-refractivity contribution in [2.45, 2.75) is 51.2 Å². The number of rotatable bonds is 5. The van der Waals surface area contributed by atoms with Crippen molar-refractivity contribution in [3.63, 3.8) is 0 Å². The molecule has 182 valence electrons. The highest BCUT2D eigenvalue weighted by Crippen LogP contribution is 2.62. The number of imide groups is 1. The maximum atomic E-state index is 14.0. The summed E-state index contributed by atoms with van der Waals surface area (Å²) in [6.45, 7) is 6.49. The van der Waals surface area contributed by atoms with Crippen LogP contribution in [0.2, 0.25) is 0 Å². The third kappa shape index (κ3) is 3.12. The summed E-state index contributed by atoms with van der Waals surface area (Å²) in [5, 5.41) is 11.0. The lowest BCUT2D eigenvalue weighted by Gasteiger charge is -2.31. The van der Waals surface area contributed by atoms with Crippen LogP contribution >= 0.6 is 0 Å². The van der Waals surface area contributed by atoms with E-state index in [2.05, 4.69) is 19.9 Å². The third-order valence-electron chi connectivity index (χ3n) is 8.55. The summed E-state index contributed by atoms with van der Waals surface area (Å²) in [5.74, 6) is -0.686. The Kier molecular flexibility index (Phi) is 5.00. The molecule has 6 heteroatoms. The second-order valence-corrected chi connectivity index (χ2v) is 10.6. The Morgan fingerprint density at radius 1 is 1.00 bits per heavy atom. The highest BCUT2D eigenvalue weighted by molar-refractivity contribution is 6.26. The first-order chi connectivity index (χ1) is 17.3. The van der Waals surface area contributed by atoms with E-state index in [0.29, 0.717) is 24.3 Å². The summed E-state index contributed by atoms with van der Waals surface area (Å²) in [6, 6.07) is 19.1. The number of anilines is 1. The highest BCUT2D eigenvalue weighted by Gasteiger charge is 2.73. The van der Waals surface area contributed by atoms with Gasteiger partial charge in [-0.3, -0.25) is 9.59 Å². The Morgan fingerprint density at radius 2 is 1.75 bits per heavy atom. The molecule has 0 N–H and O–H groups in total. The normalized spacial score (nSPS) is 28.6. The van der Waals surface area contributed by atoms with Crippen molar-refractivity contribution in [2.75, 3.05) is 11.5 Å². The standard InChI is InChI=1S/C30H28N2O4/c1-18-8-10-21(16-19(18)2)35-15-14-30-13-12-29(3,36-30)25-26(30)28(34)32(27(25)33)24-11-9-20(17-31)22-6-4-5-7-23(22)24/h4-11,16,25-26H,12-15H2,1-3H3/t25-,26+,29-,30-/m1/s1. The highest BCUT2D eigenvalue weighted by atomic mass is 16.5. The molecule has 3 saturated heterocycles. The Balaban J connectivity index is 1.32. The molecule has 3 aromatic rings. The summed E-state index contributed by atoms with van der Waals surface area (Å²) >= 11 is 0. The van der Waals surface area contributed by atoms with Crippen LogP contribution in [-0.4, -0.2) is 29.6 Å². The van der Waals surface area contributed by atoms with Crippen LogP contribution in [0.5, 0.6) is 5.75 Å². The van der Waals surface area contributed by atoms with Crippen LogP contribution in [0.3, 0.4) is 0 Å². The Bertz CT molecular complexity index is 1470. The molecule has 0 spiro atoms. The Morgan fingerprint density at radius 3 is 2.50 bits per heavy atom. The summed E-state index contributed by atoms with van der Waals surface area (Å²) in [7, 11) is 0. The second kappa shape index (κ2) is 7.91. The van der Waals surface area contributed by atoms with Gasteiger partial charge in [-0.05, 0) is 69.0 Å². The maximum absolute atomic E-state index is 14.0. The lowest BCUT2D eigenvalue weighted by molar-refractivity contribution is -0.131. The monoisotopic (exact) mass is 480 g/mol. The largest absolute Gasteiger partial charge is 0.493 e. The Hall–Kier alpha value is -3.69. The van der Waals surface area contributed by atoms with Crippen molar-refractivity contribution in [2.24, 2.45) is 11.8 Å². The fraction of sp³-hybridized carbons (Fsp3) is 0.367. The van der Waals surface area contributed by atoms with E-state index in [0.717, 1.165) is 34.9 Å². The quantitative estimate of drug-likeness (QED) is 0.468. The van der Waals surface area contributed by atoms with Crippen LogP contribution in [0, 0.1) is 37.0 Å². The zero-order chi connectivity index (χ0) is 25.2. The van der Waals surface area contributed by atoms with Crippen LogP contribution in [0.25, 0.3) is 10.8 Å². The van der Waals surface area contributed by atoms with Crippen LogP contribution in [0.15, 0.2) is 54.6 Å². The minimum absolute atomic E-state index is 0.209. The van der Waals surface area contributed by atoms with Gasteiger partial charge in [0.25, 0.3) is 0 Å². The molecule has 2 bridgehead atoms. The van der Waals surface area contributed by atoms with Crippen molar-refractivity contribution in [3.05, 3.63) is 71.3 Å². The van der Waals surface area contributed by atoms with Gasteiger partial charge in [-0.2, -0.15) is 5.26 Å². The SMILES string of the molecule is Cc1ccc(OCC[C@@]23CC[C@@](C)(O2)[C@H]2C(=O)N(c4ccc(C#N)c5ccccc45)C(=O)[C@H]23)cc1C. The van der Waals surface area contributed by atoms with Gasteiger partial charge >= 0.3 is 0 Å². The molecule has 3 aliphatic rings. The van der Waals surface area contributed by atoms with Gasteiger partial charge in [-0.15, -0.1) is 0 Å². The summed E-state index contributed by atoms with van der Waals surface area (Å²) in [5.41, 5.74) is 2.04. The van der Waals surface area contributed by atoms with Crippen molar-refractivity contribution in [1.82, 2.24) is 0 Å². The zero-order valence-electron chi connectivity index (χ0n) is 20.7. The first kappa shape index (κ1) is 22.8. The van der Waals surface area contributed by atoms with Crippen molar-refractivity contribution in [3.8, 4) is 11.8 Å². The lowest BCUT2D eigenvalue weighted by Crippen LogP contribution is -2.43. The number of carbonyl (C=O) groups excluding carboxylic acids is 2. The van der Waals surface area contributed by atoms with E-state index >= 15 is 0 Å². The number of nitriles is 1. The summed E-state index contributed by atoms with van der Waals surface area (Å²) in [4.78, 5) is 29.1. The first-order valence-electron chi connectivity index (χ1n) is 12.5. The predicted octanol–water partition coefficient (Wildman–Crippen LogP) is 5.22. The molecule has 0 unspecified atom stereocenters. The molecule has 3 aromatic carbocycles. The predicted molar refractivity (Wildman–Crippen MR) is 136 cm³/mol. The van der Waals surface area contributed by atoms with Crippen molar-refractivity contribution in [1.29, 1.82) is 5.26 Å². The van der Waals surface area contributed by atoms with E-state index in [-0.39, 0.29) is 11.8 Å². The van der Waals surface area contributed by atoms with E-state index < -0.39 is 23.0 Å². The smallest absolute Gasteiger partial charge is 0.240 e. The molecule has 3 heterocycles. The topological polar surface area (TPSA) is 79.6 Å². The lowest BCUT2D eigenvalue weighted by atomic mass is 9.67. The van der Waals surface area contributed by atoms with Gasteiger partial charge in [0.2, 0.25) is 11.8 Å². The van der Waals surface area contributed by atoms with E-state index in [9.17, 15) is 14.9 Å². The molecule has 0 saturated carbocycles. The van der Waals surface area contributed by atoms with Crippen LogP contribution in [0.1, 0.15) is 42.9 Å². The van der Waals surface area contributed by atoms with Crippen LogP contribution in [-0.2, 0) is 14.3 Å². The van der Waals surface area contributed by atoms with Gasteiger partial charge in [-0.25, -0.2) is 4.90 Å². The molecular formula is C30H28N2O4. The molecule has 6 rings (SSSR count). The molecule has 4 atom stereocenters. The molecule has 36 heavy (non-hydrogen) atoms. The van der Waals surface area contributed by atoms with Crippen LogP contribution in [0.4, 0.5) is 5.69 Å². The fourth-order valence-corrected chi connectivity index (χ4v) is 6.57. The van der Waals surface area contributed by atoms with Crippen molar-refractivity contribution >= 4 is 28.3 Å². The van der Waals surface area contributed by atoms with E-state index in [4.69, 9.17) is 9.47 Å². The average molecular weight is 481 g/mol. The van der Waals surface area contributed by atoms with Crippen molar-refractivity contribution < 1.29 is 19.1 Å². The van der Waals surface area contributed by atoms with Gasteiger partial charge < -0.3 is 9.47 Å². The number of amides is 2. The number of nitrogens with zero attached hydrogens (tertiary/aromatic N) is 2. The van der Waals surface area contributed by atoms with Gasteiger partial charge in [0.1, 0.15) is 5.75 Å². The van der Waals surface area contributed by atoms with Crippen LogP contribution < -0.4 is 9.64 Å². The van der Waals surface area contributed by atoms with Gasteiger partial charge in [0.05, 0.1) is 47.0 Å². The molecule has 2 amide bonds. The number of hydrogen-bond donors (Lipinski definition) is 0. The average Bonchev–Trinajstić information content (AvgIpc) is 3.45. The number of fused-ring (bicyclic) bond motifs is 6. The van der Waals surface area contributed by atoms with E-state index in [1.165, 1.54) is 10.5 Å². The van der Waals surface area contributed by atoms with E-state index in [1.54, 1.807) is 12.1 Å². The minimum atomic E-state index is -0.719. The first-order valence-corrected chi connectivity index (χ1v) is 12.5. The molecule has 3 aliphatic heterocycles. The van der Waals surface area contributed by atoms with Gasteiger partial charge in [0.15, 0.2) is 0 Å². The number of aryl methyl sites for hydroxylation is 2. The number of benzene rings is 3. The molecule has 0 radical (unpaired) electrons. The molecule has 0 aliphatic carbocycles. The zero-order valence-corrected chi connectivity index (χ0v) is 20.7. The molecule has 0 aromatic heterocycles. The number of carbonyl (C=O) groups is 2. The van der Waals surface area contributed by atoms with Gasteiger partial charge in [-0.1, -0.05) is 30.3 Å². The van der Waals surface area contributed by atoms with E-state index in [1.807, 2.05) is 49.4 Å². The number of hydrogen-bond acceptors (Lipinski definition) is 5.